The Kier molecular flexibility index (Phi) is 5.79. The topological polar surface area (TPSA) is 52.8 Å². The highest BCUT2D eigenvalue weighted by atomic mass is 35.5. The van der Waals surface area contributed by atoms with Crippen LogP contribution in [0.5, 0.6) is 11.5 Å². The first-order chi connectivity index (χ1) is 16.0. The Labute approximate surface area is 199 Å². The number of fused-ring (bicyclic) bond motifs is 3. The van der Waals surface area contributed by atoms with Gasteiger partial charge in [0.15, 0.2) is 4.96 Å². The maximum Gasteiger partial charge on any atom is 0.274 e. The van der Waals surface area contributed by atoms with Gasteiger partial charge in [0.2, 0.25) is 0 Å². The van der Waals surface area contributed by atoms with Gasteiger partial charge < -0.3 is 9.47 Å². The van der Waals surface area contributed by atoms with Crippen LogP contribution in [0.1, 0.15) is 16.7 Å². The minimum atomic E-state index is -0.0717. The van der Waals surface area contributed by atoms with E-state index in [2.05, 4.69) is 4.98 Å². The van der Waals surface area contributed by atoms with Crippen LogP contribution in [0.2, 0.25) is 5.02 Å². The molecule has 0 N–H and O–H groups in total. The Morgan fingerprint density at radius 3 is 2.70 bits per heavy atom. The highest BCUT2D eigenvalue weighted by molar-refractivity contribution is 7.15. The fourth-order valence-electron chi connectivity index (χ4n) is 3.68. The van der Waals surface area contributed by atoms with E-state index in [1.54, 1.807) is 4.40 Å². The molecule has 0 unspecified atom stereocenters. The first-order valence-electron chi connectivity index (χ1n) is 10.5. The second kappa shape index (κ2) is 8.89. The summed E-state index contributed by atoms with van der Waals surface area (Å²) in [5.74, 6) is 1.45. The monoisotopic (exact) mass is 476 g/mol. The number of benzene rings is 3. The number of aromatic nitrogens is 2. The van der Waals surface area contributed by atoms with Crippen molar-refractivity contribution >= 4 is 45.0 Å². The largest absolute Gasteiger partial charge is 0.490 e. The minimum Gasteiger partial charge on any atom is -0.490 e. The Morgan fingerprint density at radius 1 is 1.03 bits per heavy atom. The molecule has 0 saturated heterocycles. The summed E-state index contributed by atoms with van der Waals surface area (Å²) >= 11 is 7.45. The molecule has 0 amide bonds. The molecule has 33 heavy (non-hydrogen) atoms. The summed E-state index contributed by atoms with van der Waals surface area (Å²) in [6.45, 7) is 4.71. The molecule has 0 atom stereocenters. The van der Waals surface area contributed by atoms with Crippen molar-refractivity contribution in [2.75, 3.05) is 13.2 Å². The predicted molar refractivity (Wildman–Crippen MR) is 134 cm³/mol. The number of para-hydroxylation sites is 2. The number of aryl methyl sites for hydroxylation is 2. The van der Waals surface area contributed by atoms with E-state index in [0.717, 1.165) is 33.5 Å². The molecule has 2 heterocycles. The number of hydrogen-bond acceptors (Lipinski definition) is 5. The fourth-order valence-corrected chi connectivity index (χ4v) is 4.78. The third-order valence-corrected chi connectivity index (χ3v) is 6.73. The van der Waals surface area contributed by atoms with Crippen LogP contribution in [0.15, 0.2) is 65.5 Å². The van der Waals surface area contributed by atoms with Gasteiger partial charge in [-0.2, -0.15) is 0 Å². The van der Waals surface area contributed by atoms with Crippen LogP contribution >= 0.6 is 22.9 Å². The Morgan fingerprint density at radius 2 is 1.85 bits per heavy atom. The predicted octanol–water partition coefficient (Wildman–Crippen LogP) is 5.18. The Bertz CT molecular complexity index is 1590. The molecule has 5 aromatic rings. The van der Waals surface area contributed by atoms with Gasteiger partial charge in [0, 0.05) is 10.6 Å². The molecule has 0 spiro atoms. The lowest BCUT2D eigenvalue weighted by Crippen LogP contribution is -2.22. The molecule has 2 aromatic heterocycles. The average molecular weight is 477 g/mol. The second-order valence-electron chi connectivity index (χ2n) is 7.78. The summed E-state index contributed by atoms with van der Waals surface area (Å²) in [6.07, 6.45) is 1.88. The van der Waals surface area contributed by atoms with Crippen molar-refractivity contribution in [3.05, 3.63) is 97.3 Å². The van der Waals surface area contributed by atoms with Crippen LogP contribution in [0.25, 0.3) is 22.1 Å². The zero-order valence-electron chi connectivity index (χ0n) is 18.2. The number of imidazole rings is 1. The maximum absolute atomic E-state index is 13.1. The number of rotatable bonds is 6. The molecule has 7 heteroatoms. The van der Waals surface area contributed by atoms with Gasteiger partial charge in [-0.15, -0.1) is 0 Å². The third-order valence-electron chi connectivity index (χ3n) is 5.34. The fraction of sp³-hybridized carbons (Fsp3) is 0.154. The molecule has 5 rings (SSSR count). The van der Waals surface area contributed by atoms with Crippen molar-refractivity contribution in [2.45, 2.75) is 13.8 Å². The number of thiazole rings is 1. The number of halogens is 1. The van der Waals surface area contributed by atoms with Crippen molar-refractivity contribution in [3.8, 4) is 11.5 Å². The van der Waals surface area contributed by atoms with E-state index in [1.165, 1.54) is 11.3 Å². The summed E-state index contributed by atoms with van der Waals surface area (Å²) in [4.78, 5) is 18.4. The summed E-state index contributed by atoms with van der Waals surface area (Å²) in [5.41, 5.74) is 4.47. The van der Waals surface area contributed by atoms with Crippen molar-refractivity contribution in [3.63, 3.8) is 0 Å². The van der Waals surface area contributed by atoms with Gasteiger partial charge in [0.05, 0.1) is 15.6 Å². The smallest absolute Gasteiger partial charge is 0.274 e. The molecule has 0 fully saturated rings. The molecule has 0 aliphatic carbocycles. The van der Waals surface area contributed by atoms with Crippen LogP contribution in [-0.4, -0.2) is 22.6 Å². The molecule has 0 bridgehead atoms. The van der Waals surface area contributed by atoms with Crippen LogP contribution in [0, 0.1) is 13.8 Å². The van der Waals surface area contributed by atoms with Crippen molar-refractivity contribution < 1.29 is 9.47 Å². The van der Waals surface area contributed by atoms with Gasteiger partial charge in [0.1, 0.15) is 24.7 Å². The van der Waals surface area contributed by atoms with Crippen molar-refractivity contribution in [2.24, 2.45) is 0 Å². The molecule has 5 nitrogen and oxygen atoms in total. The lowest BCUT2D eigenvalue weighted by molar-refractivity contribution is 0.217. The molecule has 0 saturated carbocycles. The lowest BCUT2D eigenvalue weighted by atomic mass is 10.1. The normalized spacial score (nSPS) is 12.0. The molecule has 0 aliphatic heterocycles. The van der Waals surface area contributed by atoms with E-state index in [4.69, 9.17) is 21.1 Å². The summed E-state index contributed by atoms with van der Waals surface area (Å²) in [7, 11) is 0. The standard InChI is InChI=1S/C26H21ClN2O3S/c1-16-7-10-23(32-12-11-31-19-8-9-20(27)17(2)14-19)18(13-16)15-24-25(30)29-22-6-4-3-5-21(22)28-26(29)33-24/h3-10,13-15H,11-12H2,1-2H3. The van der Waals surface area contributed by atoms with Gasteiger partial charge in [-0.1, -0.05) is 46.7 Å². The molecular weight excluding hydrogens is 456 g/mol. The Balaban J connectivity index is 1.39. The van der Waals surface area contributed by atoms with Crippen LogP contribution in [-0.2, 0) is 0 Å². The highest BCUT2D eigenvalue weighted by Crippen LogP contribution is 2.23. The second-order valence-corrected chi connectivity index (χ2v) is 9.20. The van der Waals surface area contributed by atoms with Gasteiger partial charge in [-0.3, -0.25) is 4.79 Å². The molecular formula is C26H21ClN2O3S. The van der Waals surface area contributed by atoms with Gasteiger partial charge in [-0.25, -0.2) is 9.38 Å². The van der Waals surface area contributed by atoms with Crippen LogP contribution in [0.3, 0.4) is 0 Å². The maximum atomic E-state index is 13.1. The third kappa shape index (κ3) is 4.32. The molecule has 0 aliphatic rings. The van der Waals surface area contributed by atoms with E-state index in [-0.39, 0.29) is 5.56 Å². The van der Waals surface area contributed by atoms with Crippen molar-refractivity contribution in [1.82, 2.24) is 9.38 Å². The number of hydrogen-bond donors (Lipinski definition) is 0. The van der Waals surface area contributed by atoms with Crippen LogP contribution in [0.4, 0.5) is 0 Å². The van der Waals surface area contributed by atoms with Crippen molar-refractivity contribution in [1.29, 1.82) is 0 Å². The number of nitrogens with zero attached hydrogens (tertiary/aromatic N) is 2. The van der Waals surface area contributed by atoms with E-state index in [9.17, 15) is 4.79 Å². The van der Waals surface area contributed by atoms with E-state index in [1.807, 2.05) is 80.6 Å². The van der Waals surface area contributed by atoms with Gasteiger partial charge in [0.25, 0.3) is 5.56 Å². The number of ether oxygens (including phenoxy) is 2. The zero-order chi connectivity index (χ0) is 22.9. The summed E-state index contributed by atoms with van der Waals surface area (Å²) in [6, 6.07) is 19.2. The first-order valence-corrected chi connectivity index (χ1v) is 11.7. The van der Waals surface area contributed by atoms with Gasteiger partial charge >= 0.3 is 0 Å². The SMILES string of the molecule is Cc1ccc(OCCOc2ccc(Cl)c(C)c2)c(C=c2sc3nc4ccccc4n3c2=O)c1. The van der Waals surface area contributed by atoms with Crippen LogP contribution < -0.4 is 19.6 Å². The average Bonchev–Trinajstić information content (AvgIpc) is 3.31. The Hall–Kier alpha value is -3.35. The van der Waals surface area contributed by atoms with E-state index >= 15 is 0 Å². The first kappa shape index (κ1) is 21.5. The molecule has 3 aromatic carbocycles. The molecule has 166 valence electrons. The summed E-state index contributed by atoms with van der Waals surface area (Å²) in [5, 5.41) is 0.713. The lowest BCUT2D eigenvalue weighted by Gasteiger charge is -2.11. The minimum absolute atomic E-state index is 0.0717. The summed E-state index contributed by atoms with van der Waals surface area (Å²) < 4.78 is 14.1. The zero-order valence-corrected chi connectivity index (χ0v) is 19.7. The van der Waals surface area contributed by atoms with E-state index in [0.29, 0.717) is 33.5 Å². The highest BCUT2D eigenvalue weighted by Gasteiger charge is 2.11. The van der Waals surface area contributed by atoms with Gasteiger partial charge in [-0.05, 0) is 68.0 Å². The quantitative estimate of drug-likeness (QED) is 0.317. The molecule has 0 radical (unpaired) electrons. The van der Waals surface area contributed by atoms with E-state index < -0.39 is 0 Å².